The van der Waals surface area contributed by atoms with E-state index in [1.54, 1.807) is 0 Å². The van der Waals surface area contributed by atoms with E-state index in [4.69, 9.17) is 10.6 Å². The van der Waals surface area contributed by atoms with Crippen LogP contribution in [0.3, 0.4) is 0 Å². The lowest BCUT2D eigenvalue weighted by molar-refractivity contribution is -0.127. The van der Waals surface area contributed by atoms with Crippen LogP contribution in [0.5, 0.6) is 0 Å². The first-order chi connectivity index (χ1) is 11.4. The molecule has 0 aliphatic heterocycles. The minimum atomic E-state index is -1.38. The van der Waals surface area contributed by atoms with Crippen LogP contribution in [0.2, 0.25) is 0 Å². The van der Waals surface area contributed by atoms with E-state index in [-0.39, 0.29) is 5.82 Å². The van der Waals surface area contributed by atoms with Crippen molar-refractivity contribution in [1.29, 1.82) is 0 Å². The number of allylic oxidation sites excluding steroid dienone is 1. The van der Waals surface area contributed by atoms with Gasteiger partial charge in [0.25, 0.3) is 5.91 Å². The first-order valence-electron chi connectivity index (χ1n) is 6.20. The monoisotopic (exact) mass is 333 g/mol. The van der Waals surface area contributed by atoms with Gasteiger partial charge in [0.2, 0.25) is 5.91 Å². The van der Waals surface area contributed by atoms with Crippen molar-refractivity contribution in [3.63, 3.8) is 0 Å². The SMILES string of the molecule is C/C(O)=C(/C=Nc1nccnc1C(=O)O)C(=O)NC(=O)CN=[N+]=[N-]. The highest BCUT2D eigenvalue weighted by atomic mass is 16.4. The number of aromatic nitrogens is 2. The number of aliphatic hydroxyl groups is 1. The number of azide groups is 1. The Hall–Kier alpha value is -3.79. The molecule has 0 aliphatic rings. The summed E-state index contributed by atoms with van der Waals surface area (Å²) in [5, 5.41) is 23.3. The molecule has 0 saturated heterocycles. The first-order valence-corrected chi connectivity index (χ1v) is 6.20. The third kappa shape index (κ3) is 5.20. The van der Waals surface area contributed by atoms with E-state index in [2.05, 4.69) is 25.0 Å². The Balaban J connectivity index is 3.02. The minimum absolute atomic E-state index is 0.294. The van der Waals surface area contributed by atoms with E-state index in [9.17, 15) is 19.5 Å². The van der Waals surface area contributed by atoms with Gasteiger partial charge in [-0.3, -0.25) is 14.9 Å². The van der Waals surface area contributed by atoms with Crippen molar-refractivity contribution in [3.05, 3.63) is 39.9 Å². The second kappa shape index (κ2) is 8.60. The number of aliphatic hydroxyl groups excluding tert-OH is 1. The van der Waals surface area contributed by atoms with Crippen LogP contribution in [0.15, 0.2) is 33.8 Å². The van der Waals surface area contributed by atoms with Gasteiger partial charge < -0.3 is 10.2 Å². The van der Waals surface area contributed by atoms with E-state index in [1.165, 1.54) is 6.20 Å². The van der Waals surface area contributed by atoms with Crippen molar-refractivity contribution in [1.82, 2.24) is 15.3 Å². The second-order valence-corrected chi connectivity index (χ2v) is 4.06. The van der Waals surface area contributed by atoms with E-state index in [0.29, 0.717) is 0 Å². The smallest absolute Gasteiger partial charge is 0.358 e. The molecule has 2 amide bonds. The maximum atomic E-state index is 11.9. The number of nitrogens with one attached hydrogen (secondary N) is 1. The van der Waals surface area contributed by atoms with E-state index < -0.39 is 41.4 Å². The third-order valence-corrected chi connectivity index (χ3v) is 2.36. The summed E-state index contributed by atoms with van der Waals surface area (Å²) < 4.78 is 0. The van der Waals surface area contributed by atoms with E-state index in [0.717, 1.165) is 19.3 Å². The Morgan fingerprint density at radius 3 is 2.58 bits per heavy atom. The van der Waals surface area contributed by atoms with Gasteiger partial charge >= 0.3 is 5.97 Å². The summed E-state index contributed by atoms with van der Waals surface area (Å²) in [5.74, 6) is -4.06. The molecule has 0 bridgehead atoms. The average molecular weight is 333 g/mol. The molecule has 0 radical (unpaired) electrons. The van der Waals surface area contributed by atoms with Crippen LogP contribution in [-0.4, -0.2) is 50.7 Å². The summed E-state index contributed by atoms with van der Waals surface area (Å²) in [6, 6.07) is 0. The maximum Gasteiger partial charge on any atom is 0.358 e. The molecule has 12 nitrogen and oxygen atoms in total. The Morgan fingerprint density at radius 1 is 1.33 bits per heavy atom. The fourth-order valence-corrected chi connectivity index (χ4v) is 1.35. The number of rotatable bonds is 6. The van der Waals surface area contributed by atoms with Gasteiger partial charge in [-0.15, -0.1) is 0 Å². The number of carbonyl (C=O) groups excluding carboxylic acids is 2. The molecular formula is C12H11N7O5. The predicted molar refractivity (Wildman–Crippen MR) is 79.6 cm³/mol. The van der Waals surface area contributed by atoms with Gasteiger partial charge in [-0.1, -0.05) is 5.11 Å². The van der Waals surface area contributed by atoms with Gasteiger partial charge in [-0.05, 0) is 12.5 Å². The molecule has 1 aromatic heterocycles. The largest absolute Gasteiger partial charge is 0.512 e. The molecule has 0 aromatic carbocycles. The number of carboxylic acids is 1. The quantitative estimate of drug-likeness (QED) is 0.170. The molecule has 0 saturated carbocycles. The van der Waals surface area contributed by atoms with Gasteiger partial charge in [0.15, 0.2) is 11.5 Å². The summed E-state index contributed by atoms with van der Waals surface area (Å²) in [7, 11) is 0. The molecule has 0 aliphatic carbocycles. The van der Waals surface area contributed by atoms with Crippen molar-refractivity contribution < 1.29 is 24.6 Å². The summed E-state index contributed by atoms with van der Waals surface area (Å²) in [6.07, 6.45) is 3.18. The number of carboxylic acid groups (broad SMARTS) is 1. The zero-order valence-corrected chi connectivity index (χ0v) is 12.2. The van der Waals surface area contributed by atoms with Crippen molar-refractivity contribution in [2.75, 3.05) is 6.54 Å². The molecular weight excluding hydrogens is 322 g/mol. The lowest BCUT2D eigenvalue weighted by atomic mass is 10.2. The van der Waals surface area contributed by atoms with Crippen LogP contribution < -0.4 is 5.32 Å². The molecule has 1 heterocycles. The summed E-state index contributed by atoms with van der Waals surface area (Å²) in [5.41, 5.74) is 7.22. The molecule has 24 heavy (non-hydrogen) atoms. The van der Waals surface area contributed by atoms with Crippen molar-refractivity contribution in [2.45, 2.75) is 6.92 Å². The fourth-order valence-electron chi connectivity index (χ4n) is 1.35. The number of aliphatic imine (C=N–C) groups is 1. The second-order valence-electron chi connectivity index (χ2n) is 4.06. The van der Waals surface area contributed by atoms with Crippen LogP contribution in [-0.2, 0) is 9.59 Å². The number of imide groups is 1. The highest BCUT2D eigenvalue weighted by Gasteiger charge is 2.16. The Bertz CT molecular complexity index is 776. The highest BCUT2D eigenvalue weighted by molar-refractivity contribution is 6.17. The highest BCUT2D eigenvalue weighted by Crippen LogP contribution is 2.12. The molecule has 0 fully saturated rings. The van der Waals surface area contributed by atoms with Gasteiger partial charge in [-0.2, -0.15) is 0 Å². The Kier molecular flexibility index (Phi) is 6.55. The molecule has 124 valence electrons. The lowest BCUT2D eigenvalue weighted by Gasteiger charge is -2.04. The van der Waals surface area contributed by atoms with Crippen LogP contribution >= 0.6 is 0 Å². The van der Waals surface area contributed by atoms with Crippen LogP contribution in [0, 0.1) is 0 Å². The number of hydrogen-bond donors (Lipinski definition) is 3. The first kappa shape index (κ1) is 18.3. The summed E-state index contributed by atoms with van der Waals surface area (Å²) in [4.78, 5) is 47.5. The van der Waals surface area contributed by atoms with Gasteiger partial charge in [-0.25, -0.2) is 19.8 Å². The Morgan fingerprint density at radius 2 is 2.00 bits per heavy atom. The number of nitrogens with zero attached hydrogens (tertiary/aromatic N) is 6. The maximum absolute atomic E-state index is 11.9. The number of aromatic carboxylic acids is 1. The fraction of sp³-hybridized carbons (Fsp3) is 0.167. The van der Waals surface area contributed by atoms with Crippen molar-refractivity contribution >= 4 is 29.8 Å². The van der Waals surface area contributed by atoms with Crippen LogP contribution in [0.1, 0.15) is 17.4 Å². The molecule has 3 N–H and O–H groups in total. The third-order valence-electron chi connectivity index (χ3n) is 2.36. The number of amides is 2. The normalized spacial score (nSPS) is 11.4. The topological polar surface area (TPSA) is 191 Å². The zero-order valence-electron chi connectivity index (χ0n) is 12.2. The van der Waals surface area contributed by atoms with Gasteiger partial charge in [0, 0.05) is 23.5 Å². The summed E-state index contributed by atoms with van der Waals surface area (Å²) >= 11 is 0. The predicted octanol–water partition coefficient (Wildman–Crippen LogP) is 0.662. The van der Waals surface area contributed by atoms with Crippen molar-refractivity contribution in [3.8, 4) is 0 Å². The Labute approximate surface area is 134 Å². The van der Waals surface area contributed by atoms with Crippen LogP contribution in [0.4, 0.5) is 5.82 Å². The molecule has 12 heteroatoms. The molecule has 1 rings (SSSR count). The van der Waals surface area contributed by atoms with E-state index >= 15 is 0 Å². The summed E-state index contributed by atoms with van der Waals surface area (Å²) in [6.45, 7) is 0.554. The van der Waals surface area contributed by atoms with Crippen LogP contribution in [0.25, 0.3) is 10.4 Å². The lowest BCUT2D eigenvalue weighted by Crippen LogP contribution is -2.34. The zero-order chi connectivity index (χ0) is 18.1. The van der Waals surface area contributed by atoms with E-state index in [1.807, 2.05) is 5.32 Å². The average Bonchev–Trinajstić information content (AvgIpc) is 2.53. The standard InChI is InChI=1S/C12H11N7O5/c1-6(20)7(11(22)18-8(21)5-17-19-13)4-16-10-9(12(23)24)14-2-3-15-10/h2-4,20H,5H2,1H3,(H,23,24)(H,18,21,22)/b7-6+,16-4?. The minimum Gasteiger partial charge on any atom is -0.512 e. The number of carbonyl (C=O) groups is 3. The van der Waals surface area contributed by atoms with Gasteiger partial charge in [0.1, 0.15) is 12.3 Å². The molecule has 0 spiro atoms. The van der Waals surface area contributed by atoms with Crippen molar-refractivity contribution in [2.24, 2.45) is 10.1 Å². The molecule has 0 atom stereocenters. The molecule has 1 aromatic rings. The van der Waals surface area contributed by atoms with Gasteiger partial charge in [0.05, 0.1) is 5.57 Å². The molecule has 0 unspecified atom stereocenters. The number of hydrogen-bond acceptors (Lipinski definition) is 8.